The fraction of sp³-hybridized carbons (Fsp3) is 0.737. The van der Waals surface area contributed by atoms with Gasteiger partial charge in [0, 0.05) is 44.3 Å². The number of carbonyl (C=O) groups is 1. The van der Waals surface area contributed by atoms with Crippen molar-refractivity contribution in [2.75, 3.05) is 32.8 Å². The van der Waals surface area contributed by atoms with Crippen molar-refractivity contribution < 1.29 is 9.53 Å². The number of hydrogen-bond donors (Lipinski definition) is 1. The fourth-order valence-corrected chi connectivity index (χ4v) is 3.84. The number of piperidine rings is 1. The average Bonchev–Trinajstić information content (AvgIpc) is 2.68. The Balaban J connectivity index is 1.51. The minimum absolute atomic E-state index is 0.0584. The molecular formula is C19H30N4O3. The van der Waals surface area contributed by atoms with Gasteiger partial charge in [-0.15, -0.1) is 0 Å². The highest BCUT2D eigenvalue weighted by molar-refractivity contribution is 5.78. The predicted octanol–water partition coefficient (Wildman–Crippen LogP) is 0.949. The summed E-state index contributed by atoms with van der Waals surface area (Å²) in [4.78, 5) is 26.7. The molecular weight excluding hydrogens is 332 g/mol. The lowest BCUT2D eigenvalue weighted by Crippen LogP contribution is -2.49. The van der Waals surface area contributed by atoms with Crippen molar-refractivity contribution in [1.29, 1.82) is 0 Å². The van der Waals surface area contributed by atoms with Crippen molar-refractivity contribution in [3.05, 3.63) is 28.2 Å². The Morgan fingerprint density at radius 1 is 1.23 bits per heavy atom. The van der Waals surface area contributed by atoms with Crippen LogP contribution in [0.4, 0.5) is 0 Å². The molecule has 1 N–H and O–H groups in total. The molecule has 1 atom stereocenters. The van der Waals surface area contributed by atoms with Crippen molar-refractivity contribution in [2.24, 2.45) is 5.92 Å². The first-order valence-corrected chi connectivity index (χ1v) is 9.78. The van der Waals surface area contributed by atoms with Crippen LogP contribution in [-0.4, -0.2) is 59.5 Å². The molecule has 2 aliphatic heterocycles. The minimum atomic E-state index is -0.0584. The molecule has 2 saturated heterocycles. The lowest BCUT2D eigenvalue weighted by Gasteiger charge is -2.36. The van der Waals surface area contributed by atoms with Crippen LogP contribution in [0.1, 0.15) is 37.8 Å². The zero-order valence-corrected chi connectivity index (χ0v) is 15.7. The molecule has 3 heterocycles. The molecule has 3 rings (SSSR count). The molecule has 1 unspecified atom stereocenters. The number of carbonyl (C=O) groups excluding carboxylic acids is 1. The smallest absolute Gasteiger partial charge is 0.266 e. The van der Waals surface area contributed by atoms with E-state index >= 15 is 0 Å². The lowest BCUT2D eigenvalue weighted by molar-refractivity contribution is -0.128. The Hall–Kier alpha value is -1.73. The molecule has 1 aromatic rings. The number of aromatic nitrogens is 2. The standard InChI is InChI=1S/C19H30N4O3/c1-15-5-6-18(24)23(21-15)11-10-22-9-3-2-4-17(22)14-20-19(25)16-7-12-26-13-8-16/h5-6,16-17H,2-4,7-14H2,1H3,(H,20,25). The van der Waals surface area contributed by atoms with Crippen molar-refractivity contribution in [3.63, 3.8) is 0 Å². The van der Waals surface area contributed by atoms with Gasteiger partial charge in [0.25, 0.3) is 5.56 Å². The highest BCUT2D eigenvalue weighted by Gasteiger charge is 2.25. The number of ether oxygens (including phenoxy) is 1. The van der Waals surface area contributed by atoms with E-state index in [-0.39, 0.29) is 17.4 Å². The zero-order chi connectivity index (χ0) is 18.4. The van der Waals surface area contributed by atoms with Gasteiger partial charge in [0.1, 0.15) is 0 Å². The van der Waals surface area contributed by atoms with Gasteiger partial charge in [-0.05, 0) is 45.2 Å². The molecule has 7 nitrogen and oxygen atoms in total. The Morgan fingerprint density at radius 3 is 2.85 bits per heavy atom. The summed E-state index contributed by atoms with van der Waals surface area (Å²) in [6.45, 7) is 6.34. The number of rotatable bonds is 6. The molecule has 0 spiro atoms. The molecule has 2 aliphatic rings. The third-order valence-corrected chi connectivity index (χ3v) is 5.45. The number of nitrogens with one attached hydrogen (secondary N) is 1. The van der Waals surface area contributed by atoms with Crippen LogP contribution in [0.25, 0.3) is 0 Å². The molecule has 0 aliphatic carbocycles. The fourth-order valence-electron chi connectivity index (χ4n) is 3.84. The SMILES string of the molecule is Cc1ccc(=O)n(CCN2CCCCC2CNC(=O)C2CCOCC2)n1. The summed E-state index contributed by atoms with van der Waals surface area (Å²) < 4.78 is 6.87. The third kappa shape index (κ3) is 5.14. The van der Waals surface area contributed by atoms with Crippen LogP contribution in [0, 0.1) is 12.8 Å². The molecule has 0 bridgehead atoms. The van der Waals surface area contributed by atoms with Crippen LogP contribution in [0.2, 0.25) is 0 Å². The Morgan fingerprint density at radius 2 is 2.04 bits per heavy atom. The largest absolute Gasteiger partial charge is 0.381 e. The van der Waals surface area contributed by atoms with Crippen molar-refractivity contribution in [3.8, 4) is 0 Å². The van der Waals surface area contributed by atoms with Gasteiger partial charge in [-0.25, -0.2) is 4.68 Å². The summed E-state index contributed by atoms with van der Waals surface area (Å²) >= 11 is 0. The number of amides is 1. The van der Waals surface area contributed by atoms with Crippen molar-refractivity contribution in [2.45, 2.75) is 51.6 Å². The first kappa shape index (κ1) is 19.0. The maximum absolute atomic E-state index is 12.4. The summed E-state index contributed by atoms with van der Waals surface area (Å²) in [7, 11) is 0. The van der Waals surface area contributed by atoms with Crippen LogP contribution in [-0.2, 0) is 16.1 Å². The first-order valence-electron chi connectivity index (χ1n) is 9.78. The van der Waals surface area contributed by atoms with Crippen LogP contribution in [0.5, 0.6) is 0 Å². The minimum Gasteiger partial charge on any atom is -0.381 e. The second-order valence-corrected chi connectivity index (χ2v) is 7.35. The number of hydrogen-bond acceptors (Lipinski definition) is 5. The number of likely N-dealkylation sites (tertiary alicyclic amines) is 1. The van der Waals surface area contributed by atoms with E-state index in [9.17, 15) is 9.59 Å². The average molecular weight is 362 g/mol. The van der Waals surface area contributed by atoms with Gasteiger partial charge >= 0.3 is 0 Å². The Kier molecular flexibility index (Phi) is 6.80. The van der Waals surface area contributed by atoms with Gasteiger partial charge in [0.15, 0.2) is 0 Å². The summed E-state index contributed by atoms with van der Waals surface area (Å²) in [5, 5.41) is 7.46. The Bertz CT molecular complexity index is 654. The molecule has 1 aromatic heterocycles. The quantitative estimate of drug-likeness (QED) is 0.815. The van der Waals surface area contributed by atoms with Crippen LogP contribution < -0.4 is 10.9 Å². The van der Waals surface area contributed by atoms with Crippen molar-refractivity contribution in [1.82, 2.24) is 20.0 Å². The van der Waals surface area contributed by atoms with Crippen LogP contribution >= 0.6 is 0 Å². The lowest BCUT2D eigenvalue weighted by atomic mass is 9.98. The second kappa shape index (κ2) is 9.28. The van der Waals surface area contributed by atoms with E-state index in [1.807, 2.05) is 6.92 Å². The molecule has 0 aromatic carbocycles. The van der Waals surface area contributed by atoms with E-state index in [1.165, 1.54) is 12.8 Å². The van der Waals surface area contributed by atoms with E-state index in [0.717, 1.165) is 38.0 Å². The van der Waals surface area contributed by atoms with Gasteiger partial charge in [0.2, 0.25) is 5.91 Å². The van der Waals surface area contributed by atoms with E-state index in [0.29, 0.717) is 32.3 Å². The molecule has 1 amide bonds. The maximum atomic E-state index is 12.4. The van der Waals surface area contributed by atoms with Crippen LogP contribution in [0.15, 0.2) is 16.9 Å². The molecule has 0 saturated carbocycles. The maximum Gasteiger partial charge on any atom is 0.266 e. The van der Waals surface area contributed by atoms with E-state index in [4.69, 9.17) is 4.74 Å². The Labute approximate surface area is 154 Å². The highest BCUT2D eigenvalue weighted by atomic mass is 16.5. The highest BCUT2D eigenvalue weighted by Crippen LogP contribution is 2.18. The normalized spacial score (nSPS) is 22.3. The molecule has 7 heteroatoms. The molecule has 144 valence electrons. The van der Waals surface area contributed by atoms with Crippen LogP contribution in [0.3, 0.4) is 0 Å². The summed E-state index contributed by atoms with van der Waals surface area (Å²) in [6.07, 6.45) is 5.09. The number of nitrogens with zero attached hydrogens (tertiary/aromatic N) is 3. The van der Waals surface area contributed by atoms with Gasteiger partial charge in [-0.1, -0.05) is 6.42 Å². The molecule has 2 fully saturated rings. The van der Waals surface area contributed by atoms with Gasteiger partial charge in [-0.2, -0.15) is 5.10 Å². The summed E-state index contributed by atoms with van der Waals surface area (Å²) in [6, 6.07) is 3.66. The van der Waals surface area contributed by atoms with Gasteiger partial charge in [-0.3, -0.25) is 14.5 Å². The molecule has 26 heavy (non-hydrogen) atoms. The summed E-state index contributed by atoms with van der Waals surface area (Å²) in [5.41, 5.74) is 0.792. The molecule has 0 radical (unpaired) electrons. The van der Waals surface area contributed by atoms with Gasteiger partial charge in [0.05, 0.1) is 12.2 Å². The topological polar surface area (TPSA) is 76.5 Å². The predicted molar refractivity (Wildman–Crippen MR) is 99.0 cm³/mol. The second-order valence-electron chi connectivity index (χ2n) is 7.35. The van der Waals surface area contributed by atoms with E-state index in [1.54, 1.807) is 16.8 Å². The number of aryl methyl sites for hydroxylation is 1. The van der Waals surface area contributed by atoms with E-state index < -0.39 is 0 Å². The third-order valence-electron chi connectivity index (χ3n) is 5.45. The van der Waals surface area contributed by atoms with Gasteiger partial charge < -0.3 is 10.1 Å². The first-order chi connectivity index (χ1) is 12.6. The summed E-state index contributed by atoms with van der Waals surface area (Å²) in [5.74, 6) is 0.256. The monoisotopic (exact) mass is 362 g/mol. The van der Waals surface area contributed by atoms with E-state index in [2.05, 4.69) is 15.3 Å². The zero-order valence-electron chi connectivity index (χ0n) is 15.7. The van der Waals surface area contributed by atoms with Crippen molar-refractivity contribution >= 4 is 5.91 Å².